The predicted molar refractivity (Wildman–Crippen MR) is 289 cm³/mol. The van der Waals surface area contributed by atoms with Gasteiger partial charge in [0.1, 0.15) is 47.8 Å². The second-order valence-corrected chi connectivity index (χ2v) is 20.7. The zero-order chi connectivity index (χ0) is 53.3. The number of unbranched alkanes of at least 4 members (excludes halogenated alkanes) is 2. The average Bonchev–Trinajstić information content (AvgIpc) is 3.37. The van der Waals surface area contributed by atoms with E-state index in [1.54, 1.807) is 38.5 Å². The van der Waals surface area contributed by atoms with Crippen LogP contribution in [-0.4, -0.2) is 38.4 Å². The fraction of sp³-hybridized carbons (Fsp3) is 0.397. The summed E-state index contributed by atoms with van der Waals surface area (Å²) in [6.45, 7) is 17.6. The van der Waals surface area contributed by atoms with Gasteiger partial charge >= 0.3 is 11.9 Å². The number of hydrogen-bond donors (Lipinski definition) is 1. The molecule has 0 bridgehead atoms. The lowest BCUT2D eigenvalue weighted by Crippen LogP contribution is -2.13. The Morgan fingerprint density at radius 1 is 0.507 bits per heavy atom. The van der Waals surface area contributed by atoms with Gasteiger partial charge in [-0.2, -0.15) is 0 Å². The van der Waals surface area contributed by atoms with Crippen LogP contribution in [0.1, 0.15) is 152 Å². The maximum absolute atomic E-state index is 14.9. The van der Waals surface area contributed by atoms with E-state index in [0.29, 0.717) is 48.0 Å². The van der Waals surface area contributed by atoms with Crippen LogP contribution in [0, 0.1) is 11.6 Å². The smallest absolute Gasteiger partial charge is 0.306 e. The molecule has 8 nitrogen and oxygen atoms in total. The standard InChI is InChI=1S/C32H39FO4.C31H37FO4/c1-7-8-9-24(19-31(34)36-6)23-11-13-25(14-12-23)37-21-22-10-16-29(32(2,3)4)27(18-22)28-20-26(35-5)15-17-30(28)33;1-6-7-8-23(18-30(33)34)22-10-12-24(13-11-22)36-20-21-9-15-28(31(2,3)4)26(17-21)27-19-25(35-5)14-16-29(27)32/h10-18,20,24H,7-9,19,21H2,1-6H3;9-17,19,23H,6-8,18,20H2,1-5H3,(H,33,34)/t24-;23-/m11/s1. The number of methoxy groups -OCH3 is 3. The number of carbonyl (C=O) groups is 2. The van der Waals surface area contributed by atoms with Crippen LogP contribution in [0.4, 0.5) is 8.78 Å². The molecule has 2 atom stereocenters. The van der Waals surface area contributed by atoms with Gasteiger partial charge < -0.3 is 28.8 Å². The highest BCUT2D eigenvalue weighted by molar-refractivity contribution is 5.73. The molecule has 0 saturated carbocycles. The zero-order valence-electron chi connectivity index (χ0n) is 44.8. The van der Waals surface area contributed by atoms with Crippen LogP contribution in [-0.2, 0) is 38.4 Å². The highest BCUT2D eigenvalue weighted by Crippen LogP contribution is 2.39. The molecule has 0 heterocycles. The molecule has 6 aromatic carbocycles. The number of halogens is 2. The van der Waals surface area contributed by atoms with E-state index in [0.717, 1.165) is 88.8 Å². The third kappa shape index (κ3) is 16.7. The predicted octanol–water partition coefficient (Wildman–Crippen LogP) is 16.3. The molecular formula is C63H76F2O8. The van der Waals surface area contributed by atoms with Gasteiger partial charge in [0, 0.05) is 11.1 Å². The number of carboxylic acid groups (broad SMARTS) is 1. The molecule has 0 spiro atoms. The summed E-state index contributed by atoms with van der Waals surface area (Å²) in [6.07, 6.45) is 6.46. The molecule has 0 unspecified atom stereocenters. The van der Waals surface area contributed by atoms with Crippen LogP contribution < -0.4 is 18.9 Å². The molecule has 0 aliphatic heterocycles. The third-order valence-corrected chi connectivity index (χ3v) is 13.1. The topological polar surface area (TPSA) is 101 Å². The molecule has 6 rings (SSSR count). The summed E-state index contributed by atoms with van der Waals surface area (Å²) in [4.78, 5) is 23.2. The SMILES string of the molecule is CCCC[C@H](CC(=O)O)c1ccc(OCc2ccc(C(C)(C)C)c(-c3cc(OC)ccc3F)c2)cc1.CCCC[C@H](CC(=O)OC)c1ccc(OCc2ccc(C(C)(C)C)c(-c3cc(OC)ccc3F)c2)cc1. The summed E-state index contributed by atoms with van der Waals surface area (Å²) < 4.78 is 57.5. The molecular weight excluding hydrogens is 923 g/mol. The molecule has 1 N–H and O–H groups in total. The number of ether oxygens (including phenoxy) is 5. The van der Waals surface area contributed by atoms with Gasteiger partial charge in [0.2, 0.25) is 0 Å². The summed E-state index contributed by atoms with van der Waals surface area (Å²) in [5.41, 5.74) is 8.42. The molecule has 10 heteroatoms. The minimum absolute atomic E-state index is 0.00163. The number of benzene rings is 6. The third-order valence-electron chi connectivity index (χ3n) is 13.1. The van der Waals surface area contributed by atoms with Gasteiger partial charge in [-0.15, -0.1) is 0 Å². The number of esters is 1. The minimum atomic E-state index is -0.779. The van der Waals surface area contributed by atoms with Gasteiger partial charge in [-0.3, -0.25) is 9.59 Å². The van der Waals surface area contributed by atoms with Crippen molar-refractivity contribution in [1.82, 2.24) is 0 Å². The molecule has 73 heavy (non-hydrogen) atoms. The second kappa shape index (κ2) is 26.9. The first-order valence-corrected chi connectivity index (χ1v) is 25.5. The fourth-order valence-corrected chi connectivity index (χ4v) is 8.97. The average molecular weight is 999 g/mol. The maximum Gasteiger partial charge on any atom is 0.306 e. The lowest BCUT2D eigenvalue weighted by atomic mass is 9.81. The number of carboxylic acids is 1. The lowest BCUT2D eigenvalue weighted by Gasteiger charge is -2.24. The number of rotatable bonds is 22. The highest BCUT2D eigenvalue weighted by atomic mass is 19.1. The Hall–Kier alpha value is -6.68. The first-order valence-electron chi connectivity index (χ1n) is 25.5. The Kier molecular flexibility index (Phi) is 21.0. The summed E-state index contributed by atoms with van der Waals surface area (Å²) >= 11 is 0. The van der Waals surface area contributed by atoms with Crippen molar-refractivity contribution in [3.63, 3.8) is 0 Å². The van der Waals surface area contributed by atoms with Crippen molar-refractivity contribution < 1.29 is 47.2 Å². The van der Waals surface area contributed by atoms with Crippen LogP contribution >= 0.6 is 0 Å². The van der Waals surface area contributed by atoms with E-state index in [4.69, 9.17) is 23.7 Å². The Bertz CT molecular complexity index is 2720. The van der Waals surface area contributed by atoms with Crippen LogP contribution in [0.3, 0.4) is 0 Å². The fourth-order valence-electron chi connectivity index (χ4n) is 8.97. The van der Waals surface area contributed by atoms with Crippen molar-refractivity contribution in [1.29, 1.82) is 0 Å². The van der Waals surface area contributed by atoms with Crippen molar-refractivity contribution >= 4 is 11.9 Å². The van der Waals surface area contributed by atoms with E-state index in [9.17, 15) is 23.5 Å². The van der Waals surface area contributed by atoms with Crippen molar-refractivity contribution in [2.24, 2.45) is 0 Å². The number of aliphatic carboxylic acids is 1. The van der Waals surface area contributed by atoms with Crippen LogP contribution in [0.25, 0.3) is 22.3 Å². The number of carbonyl (C=O) groups excluding carboxylic acids is 1. The van der Waals surface area contributed by atoms with E-state index < -0.39 is 5.97 Å². The van der Waals surface area contributed by atoms with Crippen LogP contribution in [0.2, 0.25) is 0 Å². The summed E-state index contributed by atoms with van der Waals surface area (Å²) in [5, 5.41) is 9.28. The normalized spacial score (nSPS) is 12.2. The molecule has 390 valence electrons. The van der Waals surface area contributed by atoms with Gasteiger partial charge in [-0.1, -0.05) is 130 Å². The molecule has 6 aromatic rings. The monoisotopic (exact) mass is 999 g/mol. The largest absolute Gasteiger partial charge is 0.497 e. The van der Waals surface area contributed by atoms with Crippen LogP contribution in [0.5, 0.6) is 23.0 Å². The summed E-state index contributed by atoms with van der Waals surface area (Å²) in [6, 6.07) is 37.4. The van der Waals surface area contributed by atoms with E-state index in [1.165, 1.54) is 19.2 Å². The zero-order valence-corrected chi connectivity index (χ0v) is 44.8. The first-order chi connectivity index (χ1) is 34.8. The van der Waals surface area contributed by atoms with Gasteiger partial charge in [-0.05, 0) is 153 Å². The lowest BCUT2D eigenvalue weighted by molar-refractivity contribution is -0.141. The molecule has 0 radical (unpaired) electrons. The van der Waals surface area contributed by atoms with Gasteiger partial charge in [0.25, 0.3) is 0 Å². The number of hydrogen-bond acceptors (Lipinski definition) is 7. The Morgan fingerprint density at radius 3 is 1.23 bits per heavy atom. The van der Waals surface area contributed by atoms with Gasteiger partial charge in [-0.25, -0.2) is 8.78 Å². The van der Waals surface area contributed by atoms with Crippen molar-refractivity contribution in [2.45, 2.75) is 143 Å². The summed E-state index contributed by atoms with van der Waals surface area (Å²) in [5.74, 6) is 1.24. The minimum Gasteiger partial charge on any atom is -0.497 e. The van der Waals surface area contributed by atoms with Crippen LogP contribution in [0.15, 0.2) is 121 Å². The Labute approximate surface area is 433 Å². The highest BCUT2D eigenvalue weighted by Gasteiger charge is 2.24. The molecule has 0 aliphatic carbocycles. The maximum atomic E-state index is 14.9. The van der Waals surface area contributed by atoms with Crippen molar-refractivity contribution in [3.8, 4) is 45.3 Å². The Balaban J connectivity index is 0.000000271. The quantitative estimate of drug-likeness (QED) is 0.0671. The Morgan fingerprint density at radius 2 is 0.890 bits per heavy atom. The van der Waals surface area contributed by atoms with Gasteiger partial charge in [0.05, 0.1) is 34.2 Å². The van der Waals surface area contributed by atoms with Gasteiger partial charge in [0.15, 0.2) is 0 Å². The van der Waals surface area contributed by atoms with Crippen molar-refractivity contribution in [2.75, 3.05) is 21.3 Å². The molecule has 0 fully saturated rings. The van der Waals surface area contributed by atoms with E-state index in [1.807, 2.05) is 78.9 Å². The molecule has 0 aromatic heterocycles. The molecule has 0 aliphatic rings. The van der Waals surface area contributed by atoms with E-state index in [-0.39, 0.29) is 46.7 Å². The second-order valence-electron chi connectivity index (χ2n) is 20.7. The summed E-state index contributed by atoms with van der Waals surface area (Å²) in [7, 11) is 4.59. The first kappa shape index (κ1) is 57.2. The molecule has 0 saturated heterocycles. The van der Waals surface area contributed by atoms with E-state index >= 15 is 0 Å². The van der Waals surface area contributed by atoms with E-state index in [2.05, 4.69) is 61.5 Å². The van der Waals surface area contributed by atoms with Crippen molar-refractivity contribution in [3.05, 3.63) is 166 Å². The molecule has 0 amide bonds.